The van der Waals surface area contributed by atoms with E-state index in [2.05, 4.69) is 20.3 Å². The van der Waals surface area contributed by atoms with Crippen molar-refractivity contribution in [3.05, 3.63) is 35.7 Å². The highest BCUT2D eigenvalue weighted by molar-refractivity contribution is 5.84. The molecule has 0 radical (unpaired) electrons. The lowest BCUT2D eigenvalue weighted by molar-refractivity contribution is -0.123. The van der Waals surface area contributed by atoms with E-state index < -0.39 is 0 Å². The van der Waals surface area contributed by atoms with Crippen LogP contribution in [0.5, 0.6) is 0 Å². The second-order valence-corrected chi connectivity index (χ2v) is 6.22. The van der Waals surface area contributed by atoms with Crippen LogP contribution in [-0.4, -0.2) is 56.9 Å². The van der Waals surface area contributed by atoms with Crippen molar-refractivity contribution >= 4 is 5.91 Å². The summed E-state index contributed by atoms with van der Waals surface area (Å²) in [6.07, 6.45) is 5.65. The van der Waals surface area contributed by atoms with Gasteiger partial charge >= 0.3 is 0 Å². The van der Waals surface area contributed by atoms with Gasteiger partial charge in [0.15, 0.2) is 0 Å². The molecule has 8 nitrogen and oxygen atoms in total. The first-order valence-corrected chi connectivity index (χ1v) is 8.05. The zero-order chi connectivity index (χ0) is 17.1. The fraction of sp³-hybridized carbons (Fsp3) is 0.562. The summed E-state index contributed by atoms with van der Waals surface area (Å²) in [6, 6.07) is 0. The van der Waals surface area contributed by atoms with Crippen molar-refractivity contribution in [3.63, 3.8) is 0 Å². The van der Waals surface area contributed by atoms with Crippen molar-refractivity contribution in [2.75, 3.05) is 26.8 Å². The molecule has 0 aromatic carbocycles. The monoisotopic (exact) mass is 332 g/mol. The van der Waals surface area contributed by atoms with Crippen LogP contribution in [-0.2, 0) is 36.7 Å². The summed E-state index contributed by atoms with van der Waals surface area (Å²) in [6.45, 7) is 3.19. The molecule has 1 atom stereocenters. The lowest BCUT2D eigenvalue weighted by Gasteiger charge is -2.32. The molecular formula is C16H24N6O2. The Hall–Kier alpha value is -2.19. The summed E-state index contributed by atoms with van der Waals surface area (Å²) >= 11 is 0. The Bertz CT molecular complexity index is 707. The standard InChI is InChI=1S/C16H24N6O2/c1-20-11-18-14-10-22(8-12-6-19-21(2)7-12)9-13(15(14)20)16(23)17-4-5-24-3/h6-7,11,13H,4-5,8-10H2,1-3H3,(H,17,23)/t13-/m0/s1. The minimum Gasteiger partial charge on any atom is -0.383 e. The number of carbonyl (C=O) groups is 1. The Labute approximate surface area is 141 Å². The van der Waals surface area contributed by atoms with Gasteiger partial charge < -0.3 is 14.6 Å². The van der Waals surface area contributed by atoms with E-state index in [0.717, 1.165) is 30.0 Å². The van der Waals surface area contributed by atoms with Crippen molar-refractivity contribution in [1.29, 1.82) is 0 Å². The Morgan fingerprint density at radius 1 is 1.46 bits per heavy atom. The maximum Gasteiger partial charge on any atom is 0.230 e. The fourth-order valence-corrected chi connectivity index (χ4v) is 3.22. The van der Waals surface area contributed by atoms with Gasteiger partial charge in [-0.1, -0.05) is 0 Å². The molecule has 0 saturated heterocycles. The molecule has 0 bridgehead atoms. The molecule has 8 heteroatoms. The first-order chi connectivity index (χ1) is 11.6. The molecule has 1 N–H and O–H groups in total. The maximum absolute atomic E-state index is 12.6. The predicted octanol–water partition coefficient (Wildman–Crippen LogP) is 0.0156. The zero-order valence-corrected chi connectivity index (χ0v) is 14.4. The van der Waals surface area contributed by atoms with Gasteiger partial charge in [-0.25, -0.2) is 4.98 Å². The van der Waals surface area contributed by atoms with Gasteiger partial charge in [-0.15, -0.1) is 0 Å². The van der Waals surface area contributed by atoms with Gasteiger partial charge in [0.05, 0.1) is 36.4 Å². The molecule has 1 aliphatic heterocycles. The Kier molecular flexibility index (Phi) is 4.96. The number of imidazole rings is 1. The molecule has 3 heterocycles. The first kappa shape index (κ1) is 16.7. The molecule has 0 spiro atoms. The Morgan fingerprint density at radius 3 is 3.00 bits per heavy atom. The number of rotatable bonds is 6. The molecule has 24 heavy (non-hydrogen) atoms. The molecule has 2 aromatic heterocycles. The molecule has 0 saturated carbocycles. The molecular weight excluding hydrogens is 308 g/mol. The number of nitrogens with zero attached hydrogens (tertiary/aromatic N) is 5. The van der Waals surface area contributed by atoms with E-state index in [-0.39, 0.29) is 11.8 Å². The average Bonchev–Trinajstić information content (AvgIpc) is 3.13. The van der Waals surface area contributed by atoms with Crippen LogP contribution >= 0.6 is 0 Å². The molecule has 0 aliphatic carbocycles. The zero-order valence-electron chi connectivity index (χ0n) is 14.4. The number of amides is 1. The van der Waals surface area contributed by atoms with Gasteiger partial charge in [0, 0.05) is 59.1 Å². The SMILES string of the molecule is COCCNC(=O)[C@H]1CN(Cc2cnn(C)c2)Cc2ncn(C)c21. The number of hydrogen-bond acceptors (Lipinski definition) is 5. The molecule has 2 aromatic rings. The first-order valence-electron chi connectivity index (χ1n) is 8.05. The molecule has 1 amide bonds. The summed E-state index contributed by atoms with van der Waals surface area (Å²) in [4.78, 5) is 19.4. The van der Waals surface area contributed by atoms with Crippen LogP contribution in [0.2, 0.25) is 0 Å². The van der Waals surface area contributed by atoms with Crippen LogP contribution in [0.25, 0.3) is 0 Å². The van der Waals surface area contributed by atoms with Crippen molar-refractivity contribution in [2.45, 2.75) is 19.0 Å². The minimum atomic E-state index is -0.227. The second-order valence-electron chi connectivity index (χ2n) is 6.22. The van der Waals surface area contributed by atoms with E-state index in [1.165, 1.54) is 0 Å². The fourth-order valence-electron chi connectivity index (χ4n) is 3.22. The Morgan fingerprint density at radius 2 is 2.29 bits per heavy atom. The highest BCUT2D eigenvalue weighted by atomic mass is 16.5. The van der Waals surface area contributed by atoms with Crippen LogP contribution < -0.4 is 5.32 Å². The molecule has 0 fully saturated rings. The van der Waals surface area contributed by atoms with Crippen LogP contribution in [0.1, 0.15) is 22.9 Å². The second kappa shape index (κ2) is 7.14. The molecule has 1 aliphatic rings. The predicted molar refractivity (Wildman–Crippen MR) is 88.2 cm³/mol. The lowest BCUT2D eigenvalue weighted by Crippen LogP contribution is -2.42. The van der Waals surface area contributed by atoms with Crippen LogP contribution in [0.4, 0.5) is 0 Å². The van der Waals surface area contributed by atoms with Gasteiger partial charge in [-0.3, -0.25) is 14.4 Å². The quantitative estimate of drug-likeness (QED) is 0.755. The number of aromatic nitrogens is 4. The normalized spacial score (nSPS) is 17.7. The number of fused-ring (bicyclic) bond motifs is 1. The van der Waals surface area contributed by atoms with Gasteiger partial charge in [0.25, 0.3) is 0 Å². The number of carbonyl (C=O) groups excluding carboxylic acids is 1. The third-order valence-corrected chi connectivity index (χ3v) is 4.29. The smallest absolute Gasteiger partial charge is 0.230 e. The van der Waals surface area contributed by atoms with Crippen LogP contribution in [0, 0.1) is 0 Å². The van der Waals surface area contributed by atoms with E-state index in [0.29, 0.717) is 19.7 Å². The minimum absolute atomic E-state index is 0.0211. The summed E-state index contributed by atoms with van der Waals surface area (Å²) in [5, 5.41) is 7.16. The van der Waals surface area contributed by atoms with E-state index in [1.807, 2.05) is 31.1 Å². The average molecular weight is 332 g/mol. The maximum atomic E-state index is 12.6. The van der Waals surface area contributed by atoms with E-state index in [4.69, 9.17) is 4.74 Å². The summed E-state index contributed by atoms with van der Waals surface area (Å²) < 4.78 is 8.76. The third kappa shape index (κ3) is 3.49. The van der Waals surface area contributed by atoms with E-state index in [1.54, 1.807) is 18.1 Å². The van der Waals surface area contributed by atoms with Crippen LogP contribution in [0.3, 0.4) is 0 Å². The third-order valence-electron chi connectivity index (χ3n) is 4.29. The van der Waals surface area contributed by atoms with Crippen molar-refractivity contribution in [2.24, 2.45) is 14.1 Å². The highest BCUT2D eigenvalue weighted by Gasteiger charge is 2.33. The number of methoxy groups -OCH3 is 1. The van der Waals surface area contributed by atoms with Crippen molar-refractivity contribution < 1.29 is 9.53 Å². The van der Waals surface area contributed by atoms with E-state index >= 15 is 0 Å². The Balaban J connectivity index is 1.76. The number of hydrogen-bond donors (Lipinski definition) is 1. The largest absolute Gasteiger partial charge is 0.383 e. The summed E-state index contributed by atoms with van der Waals surface area (Å²) in [5.74, 6) is -0.206. The summed E-state index contributed by atoms with van der Waals surface area (Å²) in [5.41, 5.74) is 3.11. The molecule has 130 valence electrons. The van der Waals surface area contributed by atoms with Crippen LogP contribution in [0.15, 0.2) is 18.7 Å². The molecule has 0 unspecified atom stereocenters. The number of ether oxygens (including phenoxy) is 1. The van der Waals surface area contributed by atoms with Gasteiger partial charge in [0.1, 0.15) is 0 Å². The van der Waals surface area contributed by atoms with Crippen molar-refractivity contribution in [3.8, 4) is 0 Å². The summed E-state index contributed by atoms with van der Waals surface area (Å²) in [7, 11) is 5.47. The van der Waals surface area contributed by atoms with Gasteiger partial charge in [0.2, 0.25) is 5.91 Å². The number of nitrogens with one attached hydrogen (secondary N) is 1. The van der Waals surface area contributed by atoms with Gasteiger partial charge in [-0.2, -0.15) is 5.10 Å². The molecule has 3 rings (SSSR count). The highest BCUT2D eigenvalue weighted by Crippen LogP contribution is 2.28. The number of aryl methyl sites for hydroxylation is 2. The topological polar surface area (TPSA) is 77.2 Å². The van der Waals surface area contributed by atoms with Crippen molar-refractivity contribution in [1.82, 2.24) is 29.5 Å². The van der Waals surface area contributed by atoms with E-state index in [9.17, 15) is 4.79 Å². The van der Waals surface area contributed by atoms with Gasteiger partial charge in [-0.05, 0) is 0 Å². The lowest BCUT2D eigenvalue weighted by atomic mass is 9.97.